The summed E-state index contributed by atoms with van der Waals surface area (Å²) in [4.78, 5) is 12.7. The third-order valence-corrected chi connectivity index (χ3v) is 4.75. The Morgan fingerprint density at radius 2 is 1.96 bits per heavy atom. The van der Waals surface area contributed by atoms with Crippen LogP contribution in [0, 0.1) is 5.92 Å². The quantitative estimate of drug-likeness (QED) is 0.656. The molecule has 2 N–H and O–H groups in total. The van der Waals surface area contributed by atoms with Crippen molar-refractivity contribution in [1.29, 1.82) is 0 Å². The molecule has 0 aromatic heterocycles. The van der Waals surface area contributed by atoms with E-state index in [-0.39, 0.29) is 12.0 Å². The fourth-order valence-electron chi connectivity index (χ4n) is 3.50. The second-order valence-electron chi connectivity index (χ2n) is 6.00. The minimum Gasteiger partial charge on any atom is -0.463 e. The van der Waals surface area contributed by atoms with Crippen molar-refractivity contribution in [2.75, 3.05) is 6.61 Å². The highest BCUT2D eigenvalue weighted by Crippen LogP contribution is 2.35. The van der Waals surface area contributed by atoms with Crippen LogP contribution in [0.1, 0.15) is 38.2 Å². The highest BCUT2D eigenvalue weighted by atomic mass is 32.1. The fourth-order valence-corrected chi connectivity index (χ4v) is 3.73. The molecule has 0 amide bonds. The van der Waals surface area contributed by atoms with E-state index in [9.17, 15) is 4.79 Å². The molecular weight excluding hydrogens is 308 g/mol. The Morgan fingerprint density at radius 1 is 1.26 bits per heavy atom. The van der Waals surface area contributed by atoms with E-state index in [2.05, 4.69) is 10.6 Å². The van der Waals surface area contributed by atoms with Gasteiger partial charge in [0.25, 0.3) is 0 Å². The van der Waals surface area contributed by atoms with Gasteiger partial charge in [0.15, 0.2) is 5.11 Å². The Kier molecular flexibility index (Phi) is 4.96. The number of esters is 1. The summed E-state index contributed by atoms with van der Waals surface area (Å²) in [6, 6.07) is 9.79. The van der Waals surface area contributed by atoms with Gasteiger partial charge in [-0.2, -0.15) is 0 Å². The molecule has 0 spiro atoms. The molecule has 1 aromatic carbocycles. The summed E-state index contributed by atoms with van der Waals surface area (Å²) in [7, 11) is 0. The third-order valence-electron chi connectivity index (χ3n) is 4.53. The van der Waals surface area contributed by atoms with Gasteiger partial charge in [-0.25, -0.2) is 4.79 Å². The van der Waals surface area contributed by atoms with E-state index in [0.717, 1.165) is 24.1 Å². The van der Waals surface area contributed by atoms with E-state index in [1.54, 1.807) is 0 Å². The van der Waals surface area contributed by atoms with Crippen LogP contribution in [-0.2, 0) is 9.53 Å². The molecule has 0 saturated heterocycles. The first-order chi connectivity index (χ1) is 11.2. The van der Waals surface area contributed by atoms with Crippen LogP contribution in [0.4, 0.5) is 0 Å². The van der Waals surface area contributed by atoms with Gasteiger partial charge in [0.2, 0.25) is 0 Å². The Hall–Kier alpha value is -1.88. The van der Waals surface area contributed by atoms with Crippen molar-refractivity contribution in [2.45, 2.75) is 38.6 Å². The van der Waals surface area contributed by atoms with E-state index in [4.69, 9.17) is 17.0 Å². The Balaban J connectivity index is 2.07. The SMILES string of the molecule is CCOC(=O)C1=C(c2ccccc2)NC(=S)NC1C1CCCC1. The third kappa shape index (κ3) is 3.39. The van der Waals surface area contributed by atoms with Crippen molar-refractivity contribution in [2.24, 2.45) is 5.92 Å². The van der Waals surface area contributed by atoms with E-state index in [1.165, 1.54) is 12.8 Å². The summed E-state index contributed by atoms with van der Waals surface area (Å²) in [5.74, 6) is 0.166. The highest BCUT2D eigenvalue weighted by molar-refractivity contribution is 7.80. The lowest BCUT2D eigenvalue weighted by molar-refractivity contribution is -0.139. The van der Waals surface area contributed by atoms with Gasteiger partial charge in [-0.1, -0.05) is 43.2 Å². The van der Waals surface area contributed by atoms with Crippen molar-refractivity contribution in [3.8, 4) is 0 Å². The van der Waals surface area contributed by atoms with E-state index >= 15 is 0 Å². The summed E-state index contributed by atoms with van der Waals surface area (Å²) in [5, 5.41) is 7.06. The van der Waals surface area contributed by atoms with Gasteiger partial charge in [-0.15, -0.1) is 0 Å². The molecule has 0 bridgehead atoms. The van der Waals surface area contributed by atoms with Crippen molar-refractivity contribution in [1.82, 2.24) is 10.6 Å². The van der Waals surface area contributed by atoms with Gasteiger partial charge in [0.1, 0.15) is 0 Å². The second kappa shape index (κ2) is 7.13. The second-order valence-corrected chi connectivity index (χ2v) is 6.40. The van der Waals surface area contributed by atoms with Crippen molar-refractivity contribution < 1.29 is 9.53 Å². The molecule has 1 aliphatic heterocycles. The summed E-state index contributed by atoms with van der Waals surface area (Å²) in [6.07, 6.45) is 4.65. The molecule has 1 unspecified atom stereocenters. The van der Waals surface area contributed by atoms with E-state index < -0.39 is 0 Å². The van der Waals surface area contributed by atoms with Crippen LogP contribution in [-0.4, -0.2) is 23.7 Å². The lowest BCUT2D eigenvalue weighted by atomic mass is 9.87. The molecule has 3 rings (SSSR count). The molecule has 1 aromatic rings. The number of ether oxygens (including phenoxy) is 1. The average molecular weight is 330 g/mol. The Labute approximate surface area is 142 Å². The van der Waals surface area contributed by atoms with Gasteiger partial charge >= 0.3 is 5.97 Å². The van der Waals surface area contributed by atoms with Crippen LogP contribution in [0.3, 0.4) is 0 Å². The zero-order chi connectivity index (χ0) is 16.2. The molecule has 1 fully saturated rings. The zero-order valence-electron chi connectivity index (χ0n) is 13.3. The summed E-state index contributed by atoms with van der Waals surface area (Å²) in [6.45, 7) is 2.20. The lowest BCUT2D eigenvalue weighted by Crippen LogP contribution is -2.52. The number of thiocarbonyl (C=S) groups is 1. The predicted molar refractivity (Wildman–Crippen MR) is 94.6 cm³/mol. The normalized spacial score (nSPS) is 21.8. The van der Waals surface area contributed by atoms with Crippen LogP contribution in [0.2, 0.25) is 0 Å². The van der Waals surface area contributed by atoms with E-state index in [1.807, 2.05) is 37.3 Å². The molecule has 5 heteroatoms. The number of carbonyl (C=O) groups is 1. The van der Waals surface area contributed by atoms with Gasteiger partial charge < -0.3 is 15.4 Å². The molecule has 4 nitrogen and oxygen atoms in total. The van der Waals surface area contributed by atoms with E-state index in [0.29, 0.717) is 23.2 Å². The molecule has 2 aliphatic rings. The maximum absolute atomic E-state index is 12.7. The van der Waals surface area contributed by atoms with Gasteiger partial charge in [-0.3, -0.25) is 0 Å². The fraction of sp³-hybridized carbons (Fsp3) is 0.444. The van der Waals surface area contributed by atoms with Crippen LogP contribution >= 0.6 is 12.2 Å². The van der Waals surface area contributed by atoms with Crippen molar-refractivity contribution in [3.63, 3.8) is 0 Å². The maximum atomic E-state index is 12.7. The Morgan fingerprint density at radius 3 is 2.61 bits per heavy atom. The number of hydrogen-bond acceptors (Lipinski definition) is 3. The molecule has 1 aliphatic carbocycles. The highest BCUT2D eigenvalue weighted by Gasteiger charge is 2.37. The predicted octanol–water partition coefficient (Wildman–Crippen LogP) is 3.00. The number of rotatable bonds is 4. The van der Waals surface area contributed by atoms with Crippen molar-refractivity contribution in [3.05, 3.63) is 41.5 Å². The monoisotopic (exact) mass is 330 g/mol. The van der Waals surface area contributed by atoms with Crippen LogP contribution in [0.25, 0.3) is 5.70 Å². The number of carbonyl (C=O) groups excluding carboxylic acids is 1. The minimum atomic E-state index is -0.259. The molecule has 23 heavy (non-hydrogen) atoms. The molecule has 0 radical (unpaired) electrons. The van der Waals surface area contributed by atoms with Crippen molar-refractivity contribution >= 4 is 29.0 Å². The smallest absolute Gasteiger partial charge is 0.338 e. The van der Waals surface area contributed by atoms with Crippen LogP contribution in [0.5, 0.6) is 0 Å². The molecule has 1 atom stereocenters. The Bertz CT molecular complexity index is 621. The largest absolute Gasteiger partial charge is 0.463 e. The first-order valence-electron chi connectivity index (χ1n) is 8.25. The van der Waals surface area contributed by atoms with Gasteiger partial charge in [0.05, 0.1) is 23.9 Å². The van der Waals surface area contributed by atoms with Crippen LogP contribution in [0.15, 0.2) is 35.9 Å². The summed E-state index contributed by atoms with van der Waals surface area (Å²) >= 11 is 5.39. The average Bonchev–Trinajstić information content (AvgIpc) is 3.09. The van der Waals surface area contributed by atoms with Crippen LogP contribution < -0.4 is 10.6 Å². The number of benzene rings is 1. The summed E-state index contributed by atoms with van der Waals surface area (Å²) < 4.78 is 5.34. The number of nitrogens with one attached hydrogen (secondary N) is 2. The zero-order valence-corrected chi connectivity index (χ0v) is 14.1. The lowest BCUT2D eigenvalue weighted by Gasteiger charge is -2.34. The van der Waals surface area contributed by atoms with Gasteiger partial charge in [0, 0.05) is 0 Å². The molecule has 1 heterocycles. The summed E-state index contributed by atoms with van der Waals surface area (Å²) in [5.41, 5.74) is 2.42. The maximum Gasteiger partial charge on any atom is 0.338 e. The molecule has 122 valence electrons. The van der Waals surface area contributed by atoms with Gasteiger partial charge in [-0.05, 0) is 43.5 Å². The standard InChI is InChI=1S/C18H22N2O2S/c1-2-22-17(21)14-15(12-8-4-3-5-9-12)19-18(23)20-16(14)13-10-6-7-11-13/h3-5,8-9,13,16H,2,6-7,10-11H2,1H3,(H2,19,20,23). The minimum absolute atomic E-state index is 0.0690. The molecular formula is C18H22N2O2S. The number of hydrogen-bond donors (Lipinski definition) is 2. The molecule has 1 saturated carbocycles. The first-order valence-corrected chi connectivity index (χ1v) is 8.65. The first kappa shape index (κ1) is 16.0. The topological polar surface area (TPSA) is 50.4 Å².